The van der Waals surface area contributed by atoms with Crippen molar-refractivity contribution in [3.63, 3.8) is 0 Å². The van der Waals surface area contributed by atoms with Crippen LogP contribution in [0.15, 0.2) is 15.3 Å². The largest absolute Gasteiger partial charge is 0.319 e. The van der Waals surface area contributed by atoms with E-state index in [0.717, 1.165) is 0 Å². The van der Waals surface area contributed by atoms with Gasteiger partial charge in [-0.05, 0) is 21.0 Å². The number of aromatic nitrogens is 2. The molecule has 120 valence electrons. The van der Waals surface area contributed by atoms with Crippen LogP contribution in [0.2, 0.25) is 0 Å². The highest BCUT2D eigenvalue weighted by Crippen LogP contribution is 2.45. The first kappa shape index (κ1) is 16.1. The highest BCUT2D eigenvalue weighted by molar-refractivity contribution is 5.56. The summed E-state index contributed by atoms with van der Waals surface area (Å²) in [6, 6.07) is 0. The van der Waals surface area contributed by atoms with Crippen LogP contribution in [-0.2, 0) is 0 Å². The van der Waals surface area contributed by atoms with Gasteiger partial charge < -0.3 is 20.6 Å². The van der Waals surface area contributed by atoms with E-state index in [9.17, 15) is 19.7 Å². The smallest absolute Gasteiger partial charge is 0.314 e. The van der Waals surface area contributed by atoms with Crippen LogP contribution in [0, 0.1) is 15.5 Å². The highest BCUT2D eigenvalue weighted by Gasteiger charge is 2.49. The molecule has 1 aliphatic carbocycles. The van der Waals surface area contributed by atoms with Crippen molar-refractivity contribution < 1.29 is 4.92 Å². The van der Waals surface area contributed by atoms with Crippen LogP contribution in [0.5, 0.6) is 0 Å². The minimum Gasteiger partial charge on any atom is -0.319 e. The van der Waals surface area contributed by atoms with E-state index in [-0.39, 0.29) is 17.3 Å². The van der Waals surface area contributed by atoms with Crippen molar-refractivity contribution in [2.45, 2.75) is 12.8 Å². The van der Waals surface area contributed by atoms with Crippen molar-refractivity contribution in [3.05, 3.63) is 47.9 Å². The number of fused-ring (bicyclic) bond motifs is 1. The van der Waals surface area contributed by atoms with Gasteiger partial charge in [0.15, 0.2) is 0 Å². The summed E-state index contributed by atoms with van der Waals surface area (Å²) in [5, 5.41) is 17.4. The van der Waals surface area contributed by atoms with Crippen molar-refractivity contribution in [2.24, 2.45) is 5.41 Å². The summed E-state index contributed by atoms with van der Waals surface area (Å²) >= 11 is 0. The molecule has 22 heavy (non-hydrogen) atoms. The fraction of sp³-hybridized carbons (Fsp3) is 0.538. The Morgan fingerprint density at radius 2 is 1.91 bits per heavy atom. The average molecular weight is 309 g/mol. The van der Waals surface area contributed by atoms with Gasteiger partial charge in [0.05, 0.1) is 16.0 Å². The van der Waals surface area contributed by atoms with E-state index in [2.05, 4.69) is 20.6 Å². The first-order chi connectivity index (χ1) is 10.3. The first-order valence-corrected chi connectivity index (χ1v) is 6.87. The summed E-state index contributed by atoms with van der Waals surface area (Å²) < 4.78 is 0. The quantitative estimate of drug-likeness (QED) is 0.320. The lowest BCUT2D eigenvalue weighted by Crippen LogP contribution is -2.47. The molecule has 0 aliphatic heterocycles. The molecule has 1 aromatic heterocycles. The second-order valence-corrected chi connectivity index (χ2v) is 5.58. The van der Waals surface area contributed by atoms with Gasteiger partial charge in [-0.2, -0.15) is 0 Å². The van der Waals surface area contributed by atoms with Crippen LogP contribution in [0.25, 0.3) is 6.08 Å². The molecule has 2 rings (SSSR count). The summed E-state index contributed by atoms with van der Waals surface area (Å²) in [6.45, 7) is 2.54. The lowest BCUT2D eigenvalue weighted by molar-refractivity contribution is -0.440. The third kappa shape index (κ3) is 2.48. The summed E-state index contributed by atoms with van der Waals surface area (Å²) in [5.41, 5.74) is -1.64. The van der Waals surface area contributed by atoms with Crippen LogP contribution in [-0.4, -0.2) is 42.1 Å². The molecule has 0 bridgehead atoms. The Labute approximate surface area is 126 Å². The second-order valence-electron chi connectivity index (χ2n) is 5.58. The maximum absolute atomic E-state index is 11.6. The standard InChI is InChI=1S/C13H19N5O4/c1-13(6-15-3)7(5-14-2)10-8(4-9(13)18(21)22)16-11(19)12(20)17-10/h4,7,14-15H,5-6H2,1-3H3,(H,16,19)(H,17,20). The molecule has 0 spiro atoms. The zero-order valence-electron chi connectivity index (χ0n) is 12.6. The number of nitro groups is 1. The van der Waals surface area contributed by atoms with E-state index in [1.807, 2.05) is 0 Å². The first-order valence-electron chi connectivity index (χ1n) is 6.87. The normalized spacial score (nSPS) is 23.8. The van der Waals surface area contributed by atoms with E-state index in [1.54, 1.807) is 21.0 Å². The molecule has 0 saturated carbocycles. The summed E-state index contributed by atoms with van der Waals surface area (Å²) in [4.78, 5) is 39.2. The minimum atomic E-state index is -0.838. The maximum Gasteiger partial charge on any atom is 0.314 e. The molecule has 2 unspecified atom stereocenters. The lowest BCUT2D eigenvalue weighted by atomic mass is 9.69. The number of nitrogens with zero attached hydrogens (tertiary/aromatic N) is 1. The number of nitrogens with one attached hydrogen (secondary N) is 4. The Morgan fingerprint density at radius 1 is 1.27 bits per heavy atom. The van der Waals surface area contributed by atoms with Crippen LogP contribution in [0.4, 0.5) is 0 Å². The molecule has 1 heterocycles. The molecular weight excluding hydrogens is 290 g/mol. The predicted octanol–water partition coefficient (Wildman–Crippen LogP) is -0.777. The molecule has 4 N–H and O–H groups in total. The molecule has 0 amide bonds. The third-order valence-electron chi connectivity index (χ3n) is 4.13. The van der Waals surface area contributed by atoms with E-state index < -0.39 is 21.5 Å². The molecule has 2 atom stereocenters. The van der Waals surface area contributed by atoms with Gasteiger partial charge in [0.1, 0.15) is 0 Å². The van der Waals surface area contributed by atoms with Gasteiger partial charge in [-0.25, -0.2) is 0 Å². The Kier molecular flexibility index (Phi) is 4.29. The number of likely N-dealkylation sites (N-methyl/N-ethyl adjacent to an activating group) is 1. The molecule has 0 aromatic carbocycles. The van der Waals surface area contributed by atoms with Crippen molar-refractivity contribution in [1.29, 1.82) is 0 Å². The molecule has 1 aliphatic rings. The second kappa shape index (κ2) is 5.85. The Bertz CT molecular complexity index is 735. The molecule has 9 heteroatoms. The number of aromatic amines is 2. The Balaban J connectivity index is 2.76. The van der Waals surface area contributed by atoms with Crippen LogP contribution in [0.1, 0.15) is 24.2 Å². The summed E-state index contributed by atoms with van der Waals surface area (Å²) in [5.74, 6) is -0.366. The zero-order valence-corrected chi connectivity index (χ0v) is 12.6. The van der Waals surface area contributed by atoms with Crippen LogP contribution in [0.3, 0.4) is 0 Å². The van der Waals surface area contributed by atoms with Gasteiger partial charge >= 0.3 is 11.1 Å². The minimum absolute atomic E-state index is 0.00250. The predicted molar refractivity (Wildman–Crippen MR) is 81.4 cm³/mol. The van der Waals surface area contributed by atoms with E-state index in [4.69, 9.17) is 0 Å². The number of H-pyrrole nitrogens is 2. The van der Waals surface area contributed by atoms with Crippen molar-refractivity contribution >= 4 is 6.08 Å². The summed E-state index contributed by atoms with van der Waals surface area (Å²) in [7, 11) is 3.44. The van der Waals surface area contributed by atoms with Gasteiger partial charge in [-0.15, -0.1) is 0 Å². The van der Waals surface area contributed by atoms with Crippen molar-refractivity contribution in [2.75, 3.05) is 27.2 Å². The van der Waals surface area contributed by atoms with Crippen molar-refractivity contribution in [1.82, 2.24) is 20.6 Å². The fourth-order valence-electron chi connectivity index (χ4n) is 3.05. The Morgan fingerprint density at radius 3 is 2.45 bits per heavy atom. The molecule has 0 saturated heterocycles. The van der Waals surface area contributed by atoms with Gasteiger partial charge in [-0.3, -0.25) is 19.7 Å². The average Bonchev–Trinajstić information content (AvgIpc) is 2.44. The van der Waals surface area contributed by atoms with Gasteiger partial charge in [0.2, 0.25) is 0 Å². The van der Waals surface area contributed by atoms with Gasteiger partial charge in [-0.1, -0.05) is 0 Å². The van der Waals surface area contributed by atoms with Crippen molar-refractivity contribution in [3.8, 4) is 0 Å². The SMILES string of the molecule is CNCC1c2[nH]c(=O)c(=O)[nH]c2C=C([N+](=O)[O-])C1(C)CNC. The fourth-order valence-corrected chi connectivity index (χ4v) is 3.05. The van der Waals surface area contributed by atoms with E-state index in [1.165, 1.54) is 6.08 Å². The molecule has 0 fully saturated rings. The maximum atomic E-state index is 11.6. The highest BCUT2D eigenvalue weighted by atomic mass is 16.6. The van der Waals surface area contributed by atoms with Crippen LogP contribution >= 0.6 is 0 Å². The van der Waals surface area contributed by atoms with E-state index >= 15 is 0 Å². The number of hydrogen-bond donors (Lipinski definition) is 4. The topological polar surface area (TPSA) is 133 Å². The zero-order chi connectivity index (χ0) is 16.5. The molecule has 1 aromatic rings. The molecule has 9 nitrogen and oxygen atoms in total. The lowest BCUT2D eigenvalue weighted by Gasteiger charge is -2.38. The Hall–Kier alpha value is -2.26. The van der Waals surface area contributed by atoms with E-state index in [0.29, 0.717) is 18.8 Å². The number of hydrogen-bond acceptors (Lipinski definition) is 6. The molecule has 0 radical (unpaired) electrons. The monoisotopic (exact) mass is 309 g/mol. The third-order valence-corrected chi connectivity index (χ3v) is 4.13. The van der Waals surface area contributed by atoms with Gasteiger partial charge in [0.25, 0.3) is 5.70 Å². The molecular formula is C13H19N5O4. The number of rotatable bonds is 5. The van der Waals surface area contributed by atoms with Gasteiger partial charge in [0, 0.05) is 30.8 Å². The summed E-state index contributed by atoms with van der Waals surface area (Å²) in [6.07, 6.45) is 1.33. The van der Waals surface area contributed by atoms with Crippen LogP contribution < -0.4 is 21.8 Å².